The average Bonchev–Trinajstić information content (AvgIpc) is 2.40. The van der Waals surface area contributed by atoms with E-state index in [0.717, 1.165) is 44.0 Å². The highest BCUT2D eigenvalue weighted by molar-refractivity contribution is 5.55. The number of nitrogens with zero attached hydrogens (tertiary/aromatic N) is 1. The molecular formula is C14H21FN2O. The van der Waals surface area contributed by atoms with Crippen LogP contribution >= 0.6 is 0 Å². The van der Waals surface area contributed by atoms with Crippen LogP contribution < -0.4 is 10.6 Å². The van der Waals surface area contributed by atoms with Crippen molar-refractivity contribution in [2.45, 2.75) is 19.3 Å². The molecule has 0 spiro atoms. The third-order valence-corrected chi connectivity index (χ3v) is 3.47. The second-order valence-corrected chi connectivity index (χ2v) is 4.78. The van der Waals surface area contributed by atoms with Gasteiger partial charge in [-0.2, -0.15) is 0 Å². The van der Waals surface area contributed by atoms with E-state index in [0.29, 0.717) is 6.54 Å². The van der Waals surface area contributed by atoms with Gasteiger partial charge in [0.2, 0.25) is 0 Å². The van der Waals surface area contributed by atoms with Crippen LogP contribution in [0.4, 0.5) is 10.1 Å². The van der Waals surface area contributed by atoms with E-state index in [4.69, 9.17) is 10.5 Å². The van der Waals surface area contributed by atoms with Gasteiger partial charge in [-0.05, 0) is 42.6 Å². The molecule has 0 aliphatic carbocycles. The van der Waals surface area contributed by atoms with Gasteiger partial charge in [0.05, 0.1) is 13.2 Å². The SMILES string of the molecule is CC(CCN)c1cc(F)ccc1N1CCOCC1. The number of benzene rings is 1. The topological polar surface area (TPSA) is 38.5 Å². The number of morpholine rings is 1. The van der Waals surface area contributed by atoms with Crippen molar-refractivity contribution in [1.82, 2.24) is 0 Å². The van der Waals surface area contributed by atoms with Crippen LogP contribution in [0.25, 0.3) is 0 Å². The summed E-state index contributed by atoms with van der Waals surface area (Å²) in [4.78, 5) is 2.27. The maximum Gasteiger partial charge on any atom is 0.123 e. The van der Waals surface area contributed by atoms with Crippen molar-refractivity contribution in [3.05, 3.63) is 29.6 Å². The summed E-state index contributed by atoms with van der Waals surface area (Å²) < 4.78 is 18.8. The zero-order valence-electron chi connectivity index (χ0n) is 10.9. The van der Waals surface area contributed by atoms with Crippen LogP contribution in [0.2, 0.25) is 0 Å². The van der Waals surface area contributed by atoms with Gasteiger partial charge in [-0.1, -0.05) is 6.92 Å². The van der Waals surface area contributed by atoms with Crippen molar-refractivity contribution < 1.29 is 9.13 Å². The molecule has 2 rings (SSSR count). The number of hydrogen-bond acceptors (Lipinski definition) is 3. The minimum absolute atomic E-state index is 0.175. The van der Waals surface area contributed by atoms with Gasteiger partial charge >= 0.3 is 0 Å². The van der Waals surface area contributed by atoms with Crippen LogP contribution in [0.5, 0.6) is 0 Å². The molecule has 1 heterocycles. The van der Waals surface area contributed by atoms with Crippen LogP contribution in [0.15, 0.2) is 18.2 Å². The Bertz CT molecular complexity index is 391. The van der Waals surface area contributed by atoms with Gasteiger partial charge in [0.1, 0.15) is 5.82 Å². The van der Waals surface area contributed by atoms with E-state index in [1.807, 2.05) is 6.07 Å². The normalized spacial score (nSPS) is 17.8. The molecule has 2 N–H and O–H groups in total. The summed E-state index contributed by atoms with van der Waals surface area (Å²) in [6.07, 6.45) is 0.876. The van der Waals surface area contributed by atoms with E-state index in [9.17, 15) is 4.39 Å². The van der Waals surface area contributed by atoms with E-state index in [1.54, 1.807) is 6.07 Å². The molecule has 18 heavy (non-hydrogen) atoms. The molecule has 0 bridgehead atoms. The number of hydrogen-bond donors (Lipinski definition) is 1. The summed E-state index contributed by atoms with van der Waals surface area (Å²) >= 11 is 0. The monoisotopic (exact) mass is 252 g/mol. The van der Waals surface area contributed by atoms with Gasteiger partial charge in [-0.15, -0.1) is 0 Å². The van der Waals surface area contributed by atoms with E-state index < -0.39 is 0 Å². The van der Waals surface area contributed by atoms with Crippen LogP contribution in [-0.2, 0) is 4.74 Å². The number of rotatable bonds is 4. The zero-order chi connectivity index (χ0) is 13.0. The lowest BCUT2D eigenvalue weighted by Gasteiger charge is -2.32. The van der Waals surface area contributed by atoms with Crippen LogP contribution in [-0.4, -0.2) is 32.8 Å². The van der Waals surface area contributed by atoms with Gasteiger partial charge in [-0.25, -0.2) is 4.39 Å². The van der Waals surface area contributed by atoms with Crippen molar-refractivity contribution in [3.63, 3.8) is 0 Å². The first-order chi connectivity index (χ1) is 8.72. The summed E-state index contributed by atoms with van der Waals surface area (Å²) in [5.41, 5.74) is 7.79. The molecule has 1 aromatic rings. The van der Waals surface area contributed by atoms with Gasteiger partial charge in [-0.3, -0.25) is 0 Å². The summed E-state index contributed by atoms with van der Waals surface area (Å²) in [6.45, 7) is 5.94. The first-order valence-corrected chi connectivity index (χ1v) is 6.54. The summed E-state index contributed by atoms with van der Waals surface area (Å²) in [6, 6.07) is 5.05. The lowest BCUT2D eigenvalue weighted by atomic mass is 9.95. The van der Waals surface area contributed by atoms with Gasteiger partial charge in [0.25, 0.3) is 0 Å². The van der Waals surface area contributed by atoms with Gasteiger partial charge < -0.3 is 15.4 Å². The fourth-order valence-corrected chi connectivity index (χ4v) is 2.42. The number of nitrogens with two attached hydrogens (primary N) is 1. The predicted molar refractivity (Wildman–Crippen MR) is 71.5 cm³/mol. The van der Waals surface area contributed by atoms with Crippen molar-refractivity contribution in [2.75, 3.05) is 37.7 Å². The van der Waals surface area contributed by atoms with Crippen molar-refractivity contribution in [2.24, 2.45) is 5.73 Å². The van der Waals surface area contributed by atoms with Crippen LogP contribution in [0.3, 0.4) is 0 Å². The highest BCUT2D eigenvalue weighted by atomic mass is 19.1. The fourth-order valence-electron chi connectivity index (χ4n) is 2.42. The van der Waals surface area contributed by atoms with Crippen molar-refractivity contribution >= 4 is 5.69 Å². The van der Waals surface area contributed by atoms with Crippen molar-refractivity contribution in [3.8, 4) is 0 Å². The zero-order valence-corrected chi connectivity index (χ0v) is 10.9. The lowest BCUT2D eigenvalue weighted by Crippen LogP contribution is -2.37. The third kappa shape index (κ3) is 3.00. The Hall–Kier alpha value is -1.13. The second kappa shape index (κ2) is 6.16. The molecule has 1 atom stereocenters. The summed E-state index contributed by atoms with van der Waals surface area (Å²) in [5, 5.41) is 0. The van der Waals surface area contributed by atoms with Crippen LogP contribution in [0, 0.1) is 5.82 Å². The molecule has 4 heteroatoms. The Morgan fingerprint density at radius 3 is 2.78 bits per heavy atom. The molecule has 0 aromatic heterocycles. The Morgan fingerprint density at radius 2 is 2.11 bits per heavy atom. The minimum Gasteiger partial charge on any atom is -0.378 e. The lowest BCUT2D eigenvalue weighted by molar-refractivity contribution is 0.122. The van der Waals surface area contributed by atoms with Gasteiger partial charge in [0, 0.05) is 18.8 Å². The Labute approximate surface area is 108 Å². The van der Waals surface area contributed by atoms with Gasteiger partial charge in [0.15, 0.2) is 0 Å². The standard InChI is InChI=1S/C14H21FN2O/c1-11(4-5-16)13-10-12(15)2-3-14(13)17-6-8-18-9-7-17/h2-3,10-11H,4-9,16H2,1H3. The molecule has 1 fully saturated rings. The first kappa shape index (κ1) is 13.3. The van der Waals surface area contributed by atoms with E-state index in [1.165, 1.54) is 6.07 Å². The smallest absolute Gasteiger partial charge is 0.123 e. The molecule has 0 radical (unpaired) electrons. The largest absolute Gasteiger partial charge is 0.378 e. The Morgan fingerprint density at radius 1 is 1.39 bits per heavy atom. The maximum atomic E-state index is 13.4. The molecule has 0 saturated carbocycles. The minimum atomic E-state index is -0.175. The third-order valence-electron chi connectivity index (χ3n) is 3.47. The quantitative estimate of drug-likeness (QED) is 0.892. The maximum absolute atomic E-state index is 13.4. The molecule has 0 amide bonds. The molecule has 1 aliphatic rings. The molecule has 1 aromatic carbocycles. The van der Waals surface area contributed by atoms with E-state index >= 15 is 0 Å². The van der Waals surface area contributed by atoms with Crippen LogP contribution in [0.1, 0.15) is 24.8 Å². The molecule has 1 saturated heterocycles. The highest BCUT2D eigenvalue weighted by Gasteiger charge is 2.18. The number of anilines is 1. The fraction of sp³-hybridized carbons (Fsp3) is 0.571. The number of halogens is 1. The Balaban J connectivity index is 2.27. The first-order valence-electron chi connectivity index (χ1n) is 6.54. The predicted octanol–water partition coefficient (Wildman–Crippen LogP) is 2.11. The van der Waals surface area contributed by atoms with E-state index in [-0.39, 0.29) is 11.7 Å². The molecule has 100 valence electrons. The Kier molecular flexibility index (Phi) is 4.55. The summed E-state index contributed by atoms with van der Waals surface area (Å²) in [7, 11) is 0. The molecule has 3 nitrogen and oxygen atoms in total. The van der Waals surface area contributed by atoms with Crippen molar-refractivity contribution in [1.29, 1.82) is 0 Å². The summed E-state index contributed by atoms with van der Waals surface area (Å²) in [5.74, 6) is 0.106. The second-order valence-electron chi connectivity index (χ2n) is 4.78. The molecular weight excluding hydrogens is 231 g/mol. The molecule has 1 unspecified atom stereocenters. The molecule has 1 aliphatic heterocycles. The van der Waals surface area contributed by atoms with E-state index in [2.05, 4.69) is 11.8 Å². The average molecular weight is 252 g/mol. The number of ether oxygens (including phenoxy) is 1. The highest BCUT2D eigenvalue weighted by Crippen LogP contribution is 2.30.